The van der Waals surface area contributed by atoms with Crippen LogP contribution in [0.4, 0.5) is 0 Å². The summed E-state index contributed by atoms with van der Waals surface area (Å²) in [6.07, 6.45) is 6.98. The highest BCUT2D eigenvalue weighted by Gasteiger charge is 2.32. The van der Waals surface area contributed by atoms with Crippen LogP contribution in [0.3, 0.4) is 0 Å². The fourth-order valence-electron chi connectivity index (χ4n) is 4.16. The molecule has 2 aliphatic rings. The molecule has 5 nitrogen and oxygen atoms in total. The maximum absolute atomic E-state index is 5.58. The average molecular weight is 567 g/mol. The van der Waals surface area contributed by atoms with Gasteiger partial charge in [0, 0.05) is 35.9 Å². The van der Waals surface area contributed by atoms with Gasteiger partial charge in [0.2, 0.25) is 0 Å². The van der Waals surface area contributed by atoms with E-state index in [9.17, 15) is 0 Å². The third-order valence-corrected chi connectivity index (χ3v) is 8.68. The molecule has 2 N–H and O–H groups in total. The average Bonchev–Trinajstić information content (AvgIpc) is 3.28. The van der Waals surface area contributed by atoms with Gasteiger partial charge in [0.25, 0.3) is 0 Å². The summed E-state index contributed by atoms with van der Waals surface area (Å²) in [6.45, 7) is 11.2. The predicted octanol–water partition coefficient (Wildman–Crippen LogP) is 4.61. The van der Waals surface area contributed by atoms with Crippen molar-refractivity contribution in [3.63, 3.8) is 0 Å². The number of guanidine groups is 1. The minimum Gasteiger partial charge on any atom is -0.381 e. The number of rotatable bonds is 8. The van der Waals surface area contributed by atoms with Gasteiger partial charge < -0.3 is 15.4 Å². The molecule has 0 spiro atoms. The zero-order chi connectivity index (χ0) is 20.5. The standard InChI is InChI=1S/C22H38N4OS2.HI/c1-4-23-21(25-17-22(28-3)9-13-27-14-10-22)24-16-19(20-6-5-15-29-20)26-11-7-18(2)8-12-26;/h5-6,15,18-19H,4,7-14,16-17H2,1-3H3,(H2,23,24,25);1H. The Hall–Kier alpha value is -0.0300. The van der Waals surface area contributed by atoms with Crippen LogP contribution in [0, 0.1) is 5.92 Å². The van der Waals surface area contributed by atoms with Crippen LogP contribution in [0.15, 0.2) is 22.5 Å². The van der Waals surface area contributed by atoms with Crippen molar-refractivity contribution in [3.05, 3.63) is 22.4 Å². The second kappa shape index (κ2) is 13.5. The normalized spacial score (nSPS) is 21.6. The second-order valence-corrected chi connectivity index (χ2v) is 10.6. The van der Waals surface area contributed by atoms with Crippen LogP contribution >= 0.6 is 47.1 Å². The van der Waals surface area contributed by atoms with Crippen molar-refractivity contribution in [3.8, 4) is 0 Å². The third-order valence-electron chi connectivity index (χ3n) is 6.30. The topological polar surface area (TPSA) is 48.9 Å². The van der Waals surface area contributed by atoms with Gasteiger partial charge in [-0.15, -0.1) is 35.3 Å². The van der Waals surface area contributed by atoms with Gasteiger partial charge in [-0.1, -0.05) is 13.0 Å². The quantitative estimate of drug-likeness (QED) is 0.274. The van der Waals surface area contributed by atoms with Crippen LogP contribution in [-0.4, -0.2) is 67.8 Å². The van der Waals surface area contributed by atoms with E-state index in [0.29, 0.717) is 6.04 Å². The van der Waals surface area contributed by atoms with Gasteiger partial charge in [0.1, 0.15) is 0 Å². The highest BCUT2D eigenvalue weighted by Crippen LogP contribution is 2.34. The van der Waals surface area contributed by atoms with Gasteiger partial charge in [-0.05, 0) is 69.3 Å². The fourth-order valence-corrected chi connectivity index (χ4v) is 5.79. The summed E-state index contributed by atoms with van der Waals surface area (Å²) in [7, 11) is 0. The van der Waals surface area contributed by atoms with E-state index in [1.54, 1.807) is 0 Å². The van der Waals surface area contributed by atoms with Crippen LogP contribution in [0.5, 0.6) is 0 Å². The lowest BCUT2D eigenvalue weighted by molar-refractivity contribution is 0.0794. The monoisotopic (exact) mass is 566 g/mol. The first-order valence-electron chi connectivity index (χ1n) is 11.1. The van der Waals surface area contributed by atoms with Gasteiger partial charge >= 0.3 is 0 Å². The maximum atomic E-state index is 5.58. The van der Waals surface area contributed by atoms with E-state index in [2.05, 4.69) is 53.1 Å². The van der Waals surface area contributed by atoms with Crippen LogP contribution in [0.1, 0.15) is 50.4 Å². The first kappa shape index (κ1) is 26.2. The molecule has 3 heterocycles. The number of nitrogens with one attached hydrogen (secondary N) is 2. The SMILES string of the molecule is CCNC(=NCC1(SC)CCOCC1)NCC(c1cccs1)N1CCC(C)CC1.I. The molecule has 2 fully saturated rings. The maximum Gasteiger partial charge on any atom is 0.191 e. The zero-order valence-corrected chi connectivity index (χ0v) is 22.7. The van der Waals surface area contributed by atoms with E-state index >= 15 is 0 Å². The van der Waals surface area contributed by atoms with Crippen LogP contribution in [-0.2, 0) is 4.74 Å². The molecule has 172 valence electrons. The number of halogens is 1. The fraction of sp³-hybridized carbons (Fsp3) is 0.773. The molecule has 1 aromatic rings. The summed E-state index contributed by atoms with van der Waals surface area (Å²) in [6, 6.07) is 4.87. The molecule has 0 bridgehead atoms. The van der Waals surface area contributed by atoms with Gasteiger partial charge in [-0.3, -0.25) is 9.89 Å². The summed E-state index contributed by atoms with van der Waals surface area (Å²) in [4.78, 5) is 9.10. The number of hydrogen-bond acceptors (Lipinski definition) is 5. The van der Waals surface area contributed by atoms with Gasteiger partial charge in [-0.2, -0.15) is 11.8 Å². The van der Waals surface area contributed by atoms with E-state index < -0.39 is 0 Å². The van der Waals surface area contributed by atoms with Crippen molar-refractivity contribution in [2.45, 2.75) is 50.3 Å². The van der Waals surface area contributed by atoms with Gasteiger partial charge in [0.05, 0.1) is 12.6 Å². The number of nitrogens with zero attached hydrogens (tertiary/aromatic N) is 2. The third kappa shape index (κ3) is 7.53. The Morgan fingerprint density at radius 3 is 2.67 bits per heavy atom. The molecule has 1 aromatic heterocycles. The number of ether oxygens (including phenoxy) is 1. The molecular weight excluding hydrogens is 527 g/mol. The number of hydrogen-bond donors (Lipinski definition) is 2. The summed E-state index contributed by atoms with van der Waals surface area (Å²) in [5.41, 5.74) is 0. The molecular formula is C22H39IN4OS2. The molecule has 0 radical (unpaired) electrons. The van der Waals surface area contributed by atoms with E-state index in [-0.39, 0.29) is 28.7 Å². The summed E-state index contributed by atoms with van der Waals surface area (Å²) in [5, 5.41) is 9.32. The Morgan fingerprint density at radius 1 is 1.33 bits per heavy atom. The molecule has 1 atom stereocenters. The molecule has 0 aliphatic carbocycles. The van der Waals surface area contributed by atoms with E-state index in [1.807, 2.05) is 23.1 Å². The highest BCUT2D eigenvalue weighted by atomic mass is 127. The Labute approximate surface area is 208 Å². The van der Waals surface area contributed by atoms with Crippen molar-refractivity contribution in [2.24, 2.45) is 10.9 Å². The molecule has 2 aliphatic heterocycles. The van der Waals surface area contributed by atoms with Crippen molar-refractivity contribution < 1.29 is 4.74 Å². The molecule has 0 amide bonds. The van der Waals surface area contributed by atoms with Gasteiger partial charge in [-0.25, -0.2) is 0 Å². The van der Waals surface area contributed by atoms with Crippen LogP contribution in [0.25, 0.3) is 0 Å². The van der Waals surface area contributed by atoms with Crippen molar-refractivity contribution in [1.29, 1.82) is 0 Å². The molecule has 2 saturated heterocycles. The Kier molecular flexibility index (Phi) is 11.8. The van der Waals surface area contributed by atoms with E-state index in [4.69, 9.17) is 9.73 Å². The molecule has 0 saturated carbocycles. The minimum atomic E-state index is 0. The minimum absolute atomic E-state index is 0. The molecule has 30 heavy (non-hydrogen) atoms. The lowest BCUT2D eigenvalue weighted by atomic mass is 9.97. The molecule has 1 unspecified atom stereocenters. The first-order chi connectivity index (χ1) is 14.2. The summed E-state index contributed by atoms with van der Waals surface area (Å²) < 4.78 is 5.80. The Morgan fingerprint density at radius 2 is 2.07 bits per heavy atom. The second-order valence-electron chi connectivity index (χ2n) is 8.33. The molecule has 0 aromatic carbocycles. The van der Waals surface area contributed by atoms with Crippen LogP contribution in [0.2, 0.25) is 0 Å². The van der Waals surface area contributed by atoms with Crippen LogP contribution < -0.4 is 10.6 Å². The summed E-state index contributed by atoms with van der Waals surface area (Å²) in [5.74, 6) is 1.80. The number of aliphatic imine (C=N–C) groups is 1. The Balaban J connectivity index is 0.00000320. The highest BCUT2D eigenvalue weighted by molar-refractivity contribution is 14.0. The Bertz CT molecular complexity index is 615. The smallest absolute Gasteiger partial charge is 0.191 e. The zero-order valence-electron chi connectivity index (χ0n) is 18.7. The first-order valence-corrected chi connectivity index (χ1v) is 13.2. The number of likely N-dealkylation sites (tertiary alicyclic amines) is 1. The van der Waals surface area contributed by atoms with Crippen molar-refractivity contribution >= 4 is 53.0 Å². The number of thioether (sulfide) groups is 1. The van der Waals surface area contributed by atoms with E-state index in [0.717, 1.165) is 57.6 Å². The predicted molar refractivity (Wildman–Crippen MR) is 143 cm³/mol. The lowest BCUT2D eigenvalue weighted by Gasteiger charge is -2.37. The van der Waals surface area contributed by atoms with Crippen molar-refractivity contribution in [2.75, 3.05) is 52.2 Å². The van der Waals surface area contributed by atoms with E-state index in [1.165, 1.54) is 30.8 Å². The summed E-state index contributed by atoms with van der Waals surface area (Å²) >= 11 is 3.82. The largest absolute Gasteiger partial charge is 0.381 e. The number of piperidine rings is 1. The van der Waals surface area contributed by atoms with Gasteiger partial charge in [0.15, 0.2) is 5.96 Å². The molecule has 8 heteroatoms. The molecule has 3 rings (SSSR count). The lowest BCUT2D eigenvalue weighted by Crippen LogP contribution is -2.45. The van der Waals surface area contributed by atoms with Crippen molar-refractivity contribution in [1.82, 2.24) is 15.5 Å². The number of thiophene rings is 1.